The van der Waals surface area contributed by atoms with Crippen molar-refractivity contribution in [2.45, 2.75) is 86.7 Å². The second-order valence-electron chi connectivity index (χ2n) is 9.11. The van der Waals surface area contributed by atoms with Crippen LogP contribution in [-0.2, 0) is 32.7 Å². The van der Waals surface area contributed by atoms with Crippen molar-refractivity contribution < 1.29 is 32.7 Å². The maximum Gasteiger partial charge on any atom is 0.0430 e. The quantitative estimate of drug-likeness (QED) is 0.610. The van der Waals surface area contributed by atoms with Crippen LogP contribution in [0.3, 0.4) is 0 Å². The molecule has 0 aromatic carbocycles. The normalized spacial score (nSPS) is 19.1. The summed E-state index contributed by atoms with van der Waals surface area (Å²) in [4.78, 5) is 9.27. The summed E-state index contributed by atoms with van der Waals surface area (Å²) in [5, 5.41) is 0. The molecule has 0 unspecified atom stereocenters. The van der Waals surface area contributed by atoms with Crippen LogP contribution in [0.25, 0.3) is 0 Å². The van der Waals surface area contributed by atoms with Crippen LogP contribution in [0, 0.1) is 17.9 Å². The van der Waals surface area contributed by atoms with Crippen LogP contribution in [0.5, 0.6) is 0 Å². The Morgan fingerprint density at radius 1 is 0.957 bits per heavy atom. The number of rotatable bonds is 2. The Balaban J connectivity index is 0. The summed E-state index contributed by atoms with van der Waals surface area (Å²) in [6.45, 7) is 24.1. The van der Waals surface area contributed by atoms with Gasteiger partial charge in [-0.1, -0.05) is 27.2 Å². The van der Waals surface area contributed by atoms with E-state index in [-0.39, 0.29) is 43.8 Å². The van der Waals surface area contributed by atoms with Crippen LogP contribution in [0.15, 0.2) is 4.99 Å². The minimum atomic E-state index is 0. The van der Waals surface area contributed by atoms with E-state index in [9.17, 15) is 0 Å². The topological polar surface area (TPSA) is 18.8 Å². The van der Waals surface area contributed by atoms with E-state index in [1.807, 2.05) is 0 Å². The fourth-order valence-corrected chi connectivity index (χ4v) is 2.12. The molecule has 1 fully saturated rings. The minimum Gasteiger partial charge on any atom is -0.417 e. The van der Waals surface area contributed by atoms with Gasteiger partial charge in [-0.25, -0.2) is 0 Å². The van der Waals surface area contributed by atoms with Crippen molar-refractivity contribution in [2.75, 3.05) is 14.1 Å². The summed E-state index contributed by atoms with van der Waals surface area (Å²) in [7, 11) is 4.27. The minimum absolute atomic E-state index is 0. The Kier molecular flexibility index (Phi) is 10.1. The van der Waals surface area contributed by atoms with E-state index in [4.69, 9.17) is 4.99 Å². The predicted molar refractivity (Wildman–Crippen MR) is 99.8 cm³/mol. The molecule has 0 aliphatic carbocycles. The Bertz CT molecular complexity index is 354. The standard InChI is InChI=1S/C15H30N3.C4H9.Y/c1-13(2,3)10-11-16-12-17(8)14(4,5)15(6,7)18(12)9;1-4(2)3;/h11H,10H2,1-9H3;1-3H3;/q2*-1;. The van der Waals surface area contributed by atoms with Gasteiger partial charge in [0.25, 0.3) is 0 Å². The van der Waals surface area contributed by atoms with Crippen LogP contribution < -0.4 is 0 Å². The van der Waals surface area contributed by atoms with E-state index in [0.717, 1.165) is 12.4 Å². The largest absolute Gasteiger partial charge is 0.417 e. The number of nitrogens with zero attached hydrogens (tertiary/aromatic N) is 3. The first kappa shape index (κ1) is 25.5. The molecule has 1 heterocycles. The molecule has 0 spiro atoms. The average molecular weight is 398 g/mol. The second kappa shape index (κ2) is 9.08. The van der Waals surface area contributed by atoms with Crippen molar-refractivity contribution in [2.24, 2.45) is 10.4 Å². The van der Waals surface area contributed by atoms with Crippen molar-refractivity contribution in [1.82, 2.24) is 9.80 Å². The van der Waals surface area contributed by atoms with Gasteiger partial charge in [-0.15, -0.1) is 6.54 Å². The van der Waals surface area contributed by atoms with E-state index in [2.05, 4.69) is 99.7 Å². The fourth-order valence-electron chi connectivity index (χ4n) is 2.12. The molecule has 0 bridgehead atoms. The second-order valence-corrected chi connectivity index (χ2v) is 9.11. The fraction of sp³-hybridized carbons (Fsp3) is 0.842. The van der Waals surface area contributed by atoms with E-state index in [1.165, 1.54) is 5.92 Å². The molecule has 1 aliphatic rings. The van der Waals surface area contributed by atoms with Gasteiger partial charge in [-0.05, 0) is 47.2 Å². The average Bonchev–Trinajstić information content (AvgIpc) is 2.39. The maximum atomic E-state index is 4.71. The van der Waals surface area contributed by atoms with E-state index in [1.54, 1.807) is 0 Å². The molecule has 0 N–H and O–H groups in total. The first-order chi connectivity index (χ1) is 9.64. The van der Waals surface area contributed by atoms with Gasteiger partial charge in [0.2, 0.25) is 0 Å². The molecule has 0 aromatic rings. The van der Waals surface area contributed by atoms with Gasteiger partial charge in [0, 0.05) is 49.7 Å². The van der Waals surface area contributed by atoms with Gasteiger partial charge in [-0.3, -0.25) is 0 Å². The van der Waals surface area contributed by atoms with Crippen LogP contribution in [-0.4, -0.2) is 40.9 Å². The smallest absolute Gasteiger partial charge is 0.0430 e. The molecule has 1 aliphatic heterocycles. The zero-order valence-corrected chi connectivity index (χ0v) is 20.5. The summed E-state index contributed by atoms with van der Waals surface area (Å²) in [5.41, 5.74) is 0.456. The summed E-state index contributed by atoms with van der Waals surface area (Å²) in [5.74, 6) is 2.48. The van der Waals surface area contributed by atoms with Crippen LogP contribution >= 0.6 is 0 Å². The van der Waals surface area contributed by atoms with Gasteiger partial charge in [0.05, 0.1) is 0 Å². The Morgan fingerprint density at radius 3 is 1.52 bits per heavy atom. The molecule has 1 radical (unpaired) electrons. The first-order valence-electron chi connectivity index (χ1n) is 8.28. The van der Waals surface area contributed by atoms with Crippen molar-refractivity contribution in [3.8, 4) is 0 Å². The van der Waals surface area contributed by atoms with E-state index >= 15 is 0 Å². The molecule has 1 rings (SSSR count). The van der Waals surface area contributed by atoms with Crippen molar-refractivity contribution >= 4 is 5.96 Å². The van der Waals surface area contributed by atoms with Crippen LogP contribution in [0.1, 0.15) is 75.7 Å². The zero-order chi connectivity index (χ0) is 17.9. The molecule has 23 heavy (non-hydrogen) atoms. The third-order valence-electron chi connectivity index (χ3n) is 4.68. The van der Waals surface area contributed by atoms with Crippen molar-refractivity contribution in [1.29, 1.82) is 0 Å². The van der Waals surface area contributed by atoms with Crippen LogP contribution in [0.2, 0.25) is 0 Å². The van der Waals surface area contributed by atoms with E-state index in [0.29, 0.717) is 5.41 Å². The van der Waals surface area contributed by atoms with Gasteiger partial charge in [0.1, 0.15) is 0 Å². The third kappa shape index (κ3) is 6.94. The molecule has 135 valence electrons. The van der Waals surface area contributed by atoms with Gasteiger partial charge in [0.15, 0.2) is 0 Å². The van der Waals surface area contributed by atoms with E-state index < -0.39 is 0 Å². The molecule has 1 saturated heterocycles. The molecular weight excluding hydrogens is 359 g/mol. The van der Waals surface area contributed by atoms with Gasteiger partial charge < -0.3 is 20.7 Å². The SMILES string of the molecule is CN1C(=N[CH-]CC(C)(C)C)N(C)C(C)(C)C1(C)C.C[C-](C)C.[Y]. The molecule has 0 aromatic heterocycles. The molecule has 3 nitrogen and oxygen atoms in total. The molecular formula is C19H39N3Y-2. The number of hydrogen-bond acceptors (Lipinski definition) is 1. The number of hydrogen-bond donors (Lipinski definition) is 0. The summed E-state index contributed by atoms with van der Waals surface area (Å²) in [6, 6.07) is 0. The maximum absolute atomic E-state index is 4.71. The molecule has 4 heteroatoms. The Labute approximate surface area is 171 Å². The molecule has 0 saturated carbocycles. The van der Waals surface area contributed by atoms with Gasteiger partial charge >= 0.3 is 0 Å². The van der Waals surface area contributed by atoms with Gasteiger partial charge in [-0.2, -0.15) is 20.8 Å². The predicted octanol–water partition coefficient (Wildman–Crippen LogP) is 4.99. The summed E-state index contributed by atoms with van der Waals surface area (Å²) in [6.07, 6.45) is 0.999. The number of aliphatic imine (C=N–C) groups is 1. The zero-order valence-electron chi connectivity index (χ0n) is 17.7. The van der Waals surface area contributed by atoms with Crippen molar-refractivity contribution in [3.63, 3.8) is 0 Å². The number of guanidine groups is 1. The van der Waals surface area contributed by atoms with Crippen molar-refractivity contribution in [3.05, 3.63) is 12.5 Å². The number of likely N-dealkylation sites (N-methyl/N-ethyl adjacent to an activating group) is 2. The molecule has 0 amide bonds. The Hall–Kier alpha value is 0.244. The Morgan fingerprint density at radius 2 is 1.26 bits per heavy atom. The third-order valence-corrected chi connectivity index (χ3v) is 4.68. The summed E-state index contributed by atoms with van der Waals surface area (Å²) >= 11 is 0. The first-order valence-corrected chi connectivity index (χ1v) is 8.28. The monoisotopic (exact) mass is 398 g/mol. The van der Waals surface area contributed by atoms with Crippen LogP contribution in [0.4, 0.5) is 0 Å². The molecule has 0 atom stereocenters. The summed E-state index contributed by atoms with van der Waals surface area (Å²) < 4.78 is 0.